The SMILES string of the molecule is Cc1cncc(C(=O)N2CCC3(CC2)N=C(COc2cccc(F)c2)NC3=O)c1. The Morgan fingerprint density at radius 2 is 2.07 bits per heavy atom. The third-order valence-corrected chi connectivity index (χ3v) is 5.20. The van der Waals surface area contributed by atoms with E-state index in [-0.39, 0.29) is 18.4 Å². The minimum atomic E-state index is -0.873. The van der Waals surface area contributed by atoms with Crippen LogP contribution in [0.4, 0.5) is 4.39 Å². The first-order chi connectivity index (χ1) is 13.9. The smallest absolute Gasteiger partial charge is 0.255 e. The van der Waals surface area contributed by atoms with Gasteiger partial charge >= 0.3 is 0 Å². The summed E-state index contributed by atoms with van der Waals surface area (Å²) in [5.41, 5.74) is 0.596. The lowest BCUT2D eigenvalue weighted by molar-refractivity contribution is -0.125. The summed E-state index contributed by atoms with van der Waals surface area (Å²) in [5, 5.41) is 2.76. The van der Waals surface area contributed by atoms with Crippen molar-refractivity contribution in [1.29, 1.82) is 0 Å². The zero-order valence-electron chi connectivity index (χ0n) is 16.0. The molecule has 1 N–H and O–H groups in total. The molecule has 1 fully saturated rings. The molecule has 1 aromatic carbocycles. The predicted octanol–water partition coefficient (Wildman–Crippen LogP) is 2.11. The molecule has 4 rings (SSSR count). The number of hydrogen-bond acceptors (Lipinski definition) is 5. The van der Waals surface area contributed by atoms with Gasteiger partial charge in [0.25, 0.3) is 11.8 Å². The molecule has 1 aromatic heterocycles. The number of hydrogen-bond donors (Lipinski definition) is 1. The highest BCUT2D eigenvalue weighted by Crippen LogP contribution is 2.30. The first-order valence-corrected chi connectivity index (χ1v) is 9.45. The van der Waals surface area contributed by atoms with Crippen molar-refractivity contribution in [2.75, 3.05) is 19.7 Å². The van der Waals surface area contributed by atoms with Crippen LogP contribution in [0.3, 0.4) is 0 Å². The Hall–Kier alpha value is -3.29. The number of nitrogens with zero attached hydrogens (tertiary/aromatic N) is 3. The van der Waals surface area contributed by atoms with Crippen LogP contribution in [0.2, 0.25) is 0 Å². The highest BCUT2D eigenvalue weighted by Gasteiger charge is 2.46. The Morgan fingerprint density at radius 3 is 2.79 bits per heavy atom. The quantitative estimate of drug-likeness (QED) is 0.858. The number of piperidine rings is 1. The largest absolute Gasteiger partial charge is 0.486 e. The van der Waals surface area contributed by atoms with Crippen LogP contribution in [0.5, 0.6) is 5.75 Å². The van der Waals surface area contributed by atoms with Crippen LogP contribution in [-0.4, -0.2) is 52.8 Å². The molecule has 0 saturated carbocycles. The molecule has 0 aliphatic carbocycles. The van der Waals surface area contributed by atoms with Gasteiger partial charge in [-0.15, -0.1) is 0 Å². The summed E-state index contributed by atoms with van der Waals surface area (Å²) in [5.74, 6) is 0.127. The number of aliphatic imine (C=N–C) groups is 1. The standard InChI is InChI=1S/C21H21FN4O3/c1-14-9-15(12-23-11-14)19(27)26-7-5-21(6-8-26)20(28)24-18(25-21)13-29-17-4-2-3-16(22)10-17/h2-4,9-12H,5-8,13H2,1H3,(H,24,25,28). The molecular formula is C21H21FN4O3. The Kier molecular flexibility index (Phi) is 5.00. The highest BCUT2D eigenvalue weighted by molar-refractivity contribution is 6.09. The maximum atomic E-state index is 13.2. The fraction of sp³-hybridized carbons (Fsp3) is 0.333. The third kappa shape index (κ3) is 3.96. The number of carbonyl (C=O) groups excluding carboxylic acids is 2. The lowest BCUT2D eigenvalue weighted by Gasteiger charge is -2.35. The molecule has 29 heavy (non-hydrogen) atoms. The monoisotopic (exact) mass is 396 g/mol. The maximum absolute atomic E-state index is 13.2. The molecular weight excluding hydrogens is 375 g/mol. The van der Waals surface area contributed by atoms with Crippen molar-refractivity contribution in [1.82, 2.24) is 15.2 Å². The second-order valence-corrected chi connectivity index (χ2v) is 7.33. The average molecular weight is 396 g/mol. The number of carbonyl (C=O) groups is 2. The van der Waals surface area contributed by atoms with E-state index in [0.29, 0.717) is 43.1 Å². The van der Waals surface area contributed by atoms with Crippen molar-refractivity contribution >= 4 is 17.6 Å². The van der Waals surface area contributed by atoms with Gasteiger partial charge in [0.2, 0.25) is 0 Å². The van der Waals surface area contributed by atoms with Gasteiger partial charge in [0.15, 0.2) is 0 Å². The van der Waals surface area contributed by atoms with Gasteiger partial charge in [-0.05, 0) is 43.5 Å². The van der Waals surface area contributed by atoms with E-state index in [4.69, 9.17) is 4.74 Å². The second kappa shape index (κ2) is 7.62. The van der Waals surface area contributed by atoms with Gasteiger partial charge in [0, 0.05) is 31.5 Å². The number of pyridine rings is 1. The number of amides is 2. The molecule has 2 aliphatic heterocycles. The number of amidine groups is 1. The van der Waals surface area contributed by atoms with Crippen LogP contribution in [0, 0.1) is 12.7 Å². The van der Waals surface area contributed by atoms with Gasteiger partial charge in [-0.1, -0.05) is 6.07 Å². The highest BCUT2D eigenvalue weighted by atomic mass is 19.1. The topological polar surface area (TPSA) is 83.9 Å². The number of aryl methyl sites for hydroxylation is 1. The number of benzene rings is 1. The van der Waals surface area contributed by atoms with Gasteiger partial charge in [-0.25, -0.2) is 4.39 Å². The first-order valence-electron chi connectivity index (χ1n) is 9.45. The minimum Gasteiger partial charge on any atom is -0.486 e. The van der Waals surface area contributed by atoms with E-state index in [0.717, 1.165) is 5.56 Å². The lowest BCUT2D eigenvalue weighted by Crippen LogP contribution is -2.50. The van der Waals surface area contributed by atoms with E-state index in [1.807, 2.05) is 13.0 Å². The van der Waals surface area contributed by atoms with Crippen molar-refractivity contribution in [2.45, 2.75) is 25.3 Å². The fourth-order valence-corrected chi connectivity index (χ4v) is 3.63. The molecule has 3 heterocycles. The molecule has 0 atom stereocenters. The zero-order valence-corrected chi connectivity index (χ0v) is 16.0. The zero-order chi connectivity index (χ0) is 20.4. The molecule has 7 nitrogen and oxygen atoms in total. The Labute approximate surface area is 167 Å². The van der Waals surface area contributed by atoms with Gasteiger partial charge in [-0.2, -0.15) is 0 Å². The maximum Gasteiger partial charge on any atom is 0.255 e. The average Bonchev–Trinajstić information content (AvgIpc) is 3.01. The van der Waals surface area contributed by atoms with Crippen LogP contribution < -0.4 is 10.1 Å². The number of rotatable bonds is 4. The van der Waals surface area contributed by atoms with E-state index in [1.165, 1.54) is 12.1 Å². The normalized spacial score (nSPS) is 17.8. The molecule has 150 valence electrons. The Balaban J connectivity index is 1.39. The molecule has 8 heteroatoms. The number of ether oxygens (including phenoxy) is 1. The molecule has 1 saturated heterocycles. The lowest BCUT2D eigenvalue weighted by atomic mass is 9.88. The second-order valence-electron chi connectivity index (χ2n) is 7.33. The van der Waals surface area contributed by atoms with Crippen LogP contribution in [0.1, 0.15) is 28.8 Å². The fourth-order valence-electron chi connectivity index (χ4n) is 3.63. The Morgan fingerprint density at radius 1 is 1.28 bits per heavy atom. The Bertz CT molecular complexity index is 983. The van der Waals surface area contributed by atoms with Crippen LogP contribution >= 0.6 is 0 Å². The summed E-state index contributed by atoms with van der Waals surface area (Å²) in [6, 6.07) is 7.61. The molecule has 2 amide bonds. The summed E-state index contributed by atoms with van der Waals surface area (Å²) < 4.78 is 18.8. The summed E-state index contributed by atoms with van der Waals surface area (Å²) in [6.07, 6.45) is 4.13. The molecule has 2 aromatic rings. The molecule has 0 unspecified atom stereocenters. The van der Waals surface area contributed by atoms with Gasteiger partial charge < -0.3 is 15.0 Å². The van der Waals surface area contributed by atoms with Gasteiger partial charge in [0.1, 0.15) is 29.5 Å². The van der Waals surface area contributed by atoms with Crippen molar-refractivity contribution < 1.29 is 18.7 Å². The summed E-state index contributed by atoms with van der Waals surface area (Å²) in [4.78, 5) is 35.6. The van der Waals surface area contributed by atoms with E-state index in [2.05, 4.69) is 15.3 Å². The van der Waals surface area contributed by atoms with Gasteiger partial charge in [-0.3, -0.25) is 19.6 Å². The third-order valence-electron chi connectivity index (χ3n) is 5.20. The van der Waals surface area contributed by atoms with Crippen LogP contribution in [0.25, 0.3) is 0 Å². The molecule has 0 radical (unpaired) electrons. The molecule has 1 spiro atoms. The minimum absolute atomic E-state index is 0.0501. The number of likely N-dealkylation sites (tertiary alicyclic amines) is 1. The van der Waals surface area contributed by atoms with E-state index in [1.54, 1.807) is 29.4 Å². The van der Waals surface area contributed by atoms with Crippen molar-refractivity contribution in [2.24, 2.45) is 4.99 Å². The van der Waals surface area contributed by atoms with Crippen LogP contribution in [-0.2, 0) is 4.79 Å². The van der Waals surface area contributed by atoms with E-state index >= 15 is 0 Å². The number of halogens is 1. The van der Waals surface area contributed by atoms with Gasteiger partial charge in [0.05, 0.1) is 5.56 Å². The van der Waals surface area contributed by atoms with Crippen molar-refractivity contribution in [3.63, 3.8) is 0 Å². The van der Waals surface area contributed by atoms with Crippen LogP contribution in [0.15, 0.2) is 47.7 Å². The summed E-state index contributed by atoms with van der Waals surface area (Å²) in [6.45, 7) is 2.80. The van der Waals surface area contributed by atoms with Crippen molar-refractivity contribution in [3.8, 4) is 5.75 Å². The van der Waals surface area contributed by atoms with Crippen molar-refractivity contribution in [3.05, 3.63) is 59.7 Å². The van der Waals surface area contributed by atoms with E-state index < -0.39 is 11.4 Å². The predicted molar refractivity (Wildman–Crippen MR) is 104 cm³/mol. The number of nitrogens with one attached hydrogen (secondary N) is 1. The number of aromatic nitrogens is 1. The molecule has 2 aliphatic rings. The summed E-state index contributed by atoms with van der Waals surface area (Å²) >= 11 is 0. The van der Waals surface area contributed by atoms with E-state index in [9.17, 15) is 14.0 Å². The first kappa shape index (κ1) is 19.0. The molecule has 0 bridgehead atoms. The summed E-state index contributed by atoms with van der Waals surface area (Å²) in [7, 11) is 0.